The van der Waals surface area contributed by atoms with Gasteiger partial charge in [-0.3, -0.25) is 14.5 Å². The van der Waals surface area contributed by atoms with Crippen molar-refractivity contribution in [2.75, 3.05) is 33.3 Å². The maximum atomic E-state index is 12.8. The lowest BCUT2D eigenvalue weighted by Gasteiger charge is -2.24. The van der Waals surface area contributed by atoms with E-state index in [1.165, 1.54) is 12.1 Å². The van der Waals surface area contributed by atoms with E-state index in [1.54, 1.807) is 29.0 Å². The molecule has 0 aromatic heterocycles. The molecular formula is C17H23FN2O4. The van der Waals surface area contributed by atoms with Gasteiger partial charge in [-0.1, -0.05) is 0 Å². The summed E-state index contributed by atoms with van der Waals surface area (Å²) in [6.07, 6.45) is 2.04. The summed E-state index contributed by atoms with van der Waals surface area (Å²) < 4.78 is 18.3. The topological polar surface area (TPSA) is 70.1 Å². The highest BCUT2D eigenvalue weighted by Gasteiger charge is 2.32. The van der Waals surface area contributed by atoms with E-state index >= 15 is 0 Å². The number of benzene rings is 1. The number of ether oxygens (including phenoxy) is 1. The zero-order chi connectivity index (χ0) is 17.5. The molecule has 1 fully saturated rings. The summed E-state index contributed by atoms with van der Waals surface area (Å²) in [5.41, 5.74) is 0. The zero-order valence-corrected chi connectivity index (χ0v) is 13.8. The van der Waals surface area contributed by atoms with E-state index in [1.807, 2.05) is 0 Å². The summed E-state index contributed by atoms with van der Waals surface area (Å²) >= 11 is 0. The van der Waals surface area contributed by atoms with Crippen LogP contribution < -0.4 is 4.74 Å². The number of amides is 1. The molecule has 1 aliphatic rings. The number of rotatable bonds is 8. The van der Waals surface area contributed by atoms with Gasteiger partial charge in [0, 0.05) is 13.6 Å². The average molecular weight is 338 g/mol. The molecule has 1 atom stereocenters. The summed E-state index contributed by atoms with van der Waals surface area (Å²) in [4.78, 5) is 26.6. The van der Waals surface area contributed by atoms with Crippen LogP contribution in [0.2, 0.25) is 0 Å². The molecule has 1 heterocycles. The van der Waals surface area contributed by atoms with Crippen LogP contribution in [-0.4, -0.2) is 66.1 Å². The van der Waals surface area contributed by atoms with Gasteiger partial charge in [0.1, 0.15) is 17.6 Å². The Kier molecular flexibility index (Phi) is 6.54. The summed E-state index contributed by atoms with van der Waals surface area (Å²) in [5, 5.41) is 9.13. The highest BCUT2D eigenvalue weighted by molar-refractivity contribution is 5.80. The second-order valence-corrected chi connectivity index (χ2v) is 5.94. The predicted octanol–water partition coefficient (Wildman–Crippen LogP) is 1.60. The minimum atomic E-state index is -0.865. The number of carbonyl (C=O) groups excluding carboxylic acids is 1. The molecule has 0 radical (unpaired) electrons. The molecule has 1 aliphatic heterocycles. The fraction of sp³-hybridized carbons (Fsp3) is 0.529. The van der Waals surface area contributed by atoms with Crippen LogP contribution in [0.3, 0.4) is 0 Å². The van der Waals surface area contributed by atoms with Gasteiger partial charge in [0.15, 0.2) is 0 Å². The zero-order valence-electron chi connectivity index (χ0n) is 13.8. The molecule has 1 aromatic rings. The normalized spacial score (nSPS) is 17.7. The Balaban J connectivity index is 1.68. The summed E-state index contributed by atoms with van der Waals surface area (Å²) in [6, 6.07) is 5.23. The second kappa shape index (κ2) is 8.63. The van der Waals surface area contributed by atoms with Crippen molar-refractivity contribution >= 4 is 11.9 Å². The third kappa shape index (κ3) is 5.19. The molecule has 1 amide bonds. The van der Waals surface area contributed by atoms with Crippen molar-refractivity contribution in [2.24, 2.45) is 0 Å². The van der Waals surface area contributed by atoms with Gasteiger partial charge in [-0.05, 0) is 50.1 Å². The molecule has 1 aromatic carbocycles. The van der Waals surface area contributed by atoms with Crippen molar-refractivity contribution in [3.63, 3.8) is 0 Å². The number of likely N-dealkylation sites (N-methyl/N-ethyl adjacent to an activating group) is 1. The summed E-state index contributed by atoms with van der Waals surface area (Å²) in [6.45, 7) is 1.72. The smallest absolute Gasteiger partial charge is 0.320 e. The lowest BCUT2D eigenvalue weighted by atomic mass is 10.2. The summed E-state index contributed by atoms with van der Waals surface area (Å²) in [5.74, 6) is -0.679. The lowest BCUT2D eigenvalue weighted by Crippen LogP contribution is -2.43. The minimum absolute atomic E-state index is 0.0927. The van der Waals surface area contributed by atoms with Gasteiger partial charge in [0.25, 0.3) is 0 Å². The van der Waals surface area contributed by atoms with Crippen LogP contribution in [0.25, 0.3) is 0 Å². The minimum Gasteiger partial charge on any atom is -0.494 e. The molecule has 1 N–H and O–H groups in total. The molecular weight excluding hydrogens is 315 g/mol. The number of halogens is 1. The number of aliphatic carboxylic acids is 1. The molecule has 0 saturated carbocycles. The highest BCUT2D eigenvalue weighted by atomic mass is 19.1. The van der Waals surface area contributed by atoms with Crippen molar-refractivity contribution in [1.82, 2.24) is 9.80 Å². The average Bonchev–Trinajstić information content (AvgIpc) is 3.01. The Labute approximate surface area is 140 Å². The Morgan fingerprint density at radius 2 is 2.08 bits per heavy atom. The number of likely N-dealkylation sites (tertiary alicyclic amines) is 1. The number of carboxylic acids is 1. The fourth-order valence-electron chi connectivity index (χ4n) is 2.74. The van der Waals surface area contributed by atoms with Gasteiger partial charge in [0.2, 0.25) is 5.91 Å². The quantitative estimate of drug-likeness (QED) is 0.729. The number of carboxylic acid groups (broad SMARTS) is 1. The largest absolute Gasteiger partial charge is 0.494 e. The van der Waals surface area contributed by atoms with Crippen LogP contribution in [0.5, 0.6) is 5.75 Å². The van der Waals surface area contributed by atoms with Crippen molar-refractivity contribution < 1.29 is 23.8 Å². The van der Waals surface area contributed by atoms with Gasteiger partial charge >= 0.3 is 5.97 Å². The van der Waals surface area contributed by atoms with Crippen molar-refractivity contribution in [1.29, 1.82) is 0 Å². The molecule has 7 heteroatoms. The van der Waals surface area contributed by atoms with Gasteiger partial charge < -0.3 is 14.7 Å². The van der Waals surface area contributed by atoms with Gasteiger partial charge in [0.05, 0.1) is 13.2 Å². The van der Waals surface area contributed by atoms with Crippen LogP contribution in [0.1, 0.15) is 19.3 Å². The first-order valence-corrected chi connectivity index (χ1v) is 8.06. The van der Waals surface area contributed by atoms with E-state index in [-0.39, 0.29) is 18.3 Å². The molecule has 0 unspecified atom stereocenters. The summed E-state index contributed by atoms with van der Waals surface area (Å²) in [7, 11) is 1.70. The number of nitrogens with zero attached hydrogens (tertiary/aromatic N) is 2. The maximum absolute atomic E-state index is 12.8. The van der Waals surface area contributed by atoms with E-state index in [2.05, 4.69) is 0 Å². The van der Waals surface area contributed by atoms with E-state index in [9.17, 15) is 14.0 Å². The monoisotopic (exact) mass is 338 g/mol. The molecule has 0 aliphatic carbocycles. The third-order valence-corrected chi connectivity index (χ3v) is 4.13. The second-order valence-electron chi connectivity index (χ2n) is 5.94. The van der Waals surface area contributed by atoms with Crippen LogP contribution in [0.15, 0.2) is 24.3 Å². The SMILES string of the molecule is CN(CCCOc1ccc(F)cc1)C(=O)CN1CCC[C@@H]1C(=O)O. The third-order valence-electron chi connectivity index (χ3n) is 4.13. The Morgan fingerprint density at radius 1 is 1.38 bits per heavy atom. The first-order valence-electron chi connectivity index (χ1n) is 8.06. The van der Waals surface area contributed by atoms with Crippen molar-refractivity contribution in [3.8, 4) is 5.75 Å². The number of hydrogen-bond acceptors (Lipinski definition) is 4. The Morgan fingerprint density at radius 3 is 2.75 bits per heavy atom. The van der Waals surface area contributed by atoms with Crippen LogP contribution in [0, 0.1) is 5.82 Å². The standard InChI is InChI=1S/C17H23FN2O4/c1-19(9-3-11-24-14-7-5-13(18)6-8-14)16(21)12-20-10-2-4-15(20)17(22)23/h5-8,15H,2-4,9-12H2,1H3,(H,22,23)/t15-/m1/s1. The van der Waals surface area contributed by atoms with Crippen molar-refractivity contribution in [2.45, 2.75) is 25.3 Å². The molecule has 1 saturated heterocycles. The fourth-order valence-corrected chi connectivity index (χ4v) is 2.74. The van der Waals surface area contributed by atoms with Crippen LogP contribution in [0.4, 0.5) is 4.39 Å². The molecule has 2 rings (SSSR count). The Hall–Kier alpha value is -2.15. The van der Waals surface area contributed by atoms with Crippen molar-refractivity contribution in [3.05, 3.63) is 30.1 Å². The molecule has 0 spiro atoms. The van der Waals surface area contributed by atoms with Crippen LogP contribution in [-0.2, 0) is 9.59 Å². The maximum Gasteiger partial charge on any atom is 0.320 e. The highest BCUT2D eigenvalue weighted by Crippen LogP contribution is 2.17. The van der Waals surface area contributed by atoms with E-state index in [0.29, 0.717) is 38.3 Å². The van der Waals surface area contributed by atoms with E-state index in [0.717, 1.165) is 6.42 Å². The van der Waals surface area contributed by atoms with E-state index < -0.39 is 12.0 Å². The lowest BCUT2D eigenvalue weighted by molar-refractivity contribution is -0.143. The number of carbonyl (C=O) groups is 2. The molecule has 132 valence electrons. The van der Waals surface area contributed by atoms with Crippen LogP contribution >= 0.6 is 0 Å². The van der Waals surface area contributed by atoms with Gasteiger partial charge in [-0.2, -0.15) is 0 Å². The molecule has 0 bridgehead atoms. The number of hydrogen-bond donors (Lipinski definition) is 1. The van der Waals surface area contributed by atoms with Gasteiger partial charge in [-0.25, -0.2) is 4.39 Å². The molecule has 24 heavy (non-hydrogen) atoms. The van der Waals surface area contributed by atoms with E-state index in [4.69, 9.17) is 9.84 Å². The van der Waals surface area contributed by atoms with Gasteiger partial charge in [-0.15, -0.1) is 0 Å². The molecule has 6 nitrogen and oxygen atoms in total. The Bertz CT molecular complexity index is 564. The first kappa shape index (κ1) is 18.2. The first-order chi connectivity index (χ1) is 11.5. The predicted molar refractivity (Wildman–Crippen MR) is 86.4 cm³/mol.